The summed E-state index contributed by atoms with van der Waals surface area (Å²) in [6.07, 6.45) is 11.4. The van der Waals surface area contributed by atoms with Crippen molar-refractivity contribution in [3.8, 4) is 0 Å². The van der Waals surface area contributed by atoms with E-state index in [0.29, 0.717) is 5.88 Å². The van der Waals surface area contributed by atoms with Gasteiger partial charge in [-0.1, -0.05) is 48.6 Å². The van der Waals surface area contributed by atoms with Crippen LogP contribution >= 0.6 is 11.6 Å². The molecular formula is C17H21ClN2. The molecule has 0 aromatic heterocycles. The molecule has 106 valence electrons. The average Bonchev–Trinajstić information content (AvgIpc) is 2.52. The van der Waals surface area contributed by atoms with Crippen molar-refractivity contribution < 1.29 is 0 Å². The van der Waals surface area contributed by atoms with E-state index >= 15 is 0 Å². The van der Waals surface area contributed by atoms with E-state index in [2.05, 4.69) is 52.8 Å². The van der Waals surface area contributed by atoms with Gasteiger partial charge in [0.2, 0.25) is 0 Å². The Morgan fingerprint density at radius 3 is 2.75 bits per heavy atom. The highest BCUT2D eigenvalue weighted by Gasteiger charge is 2.09. The van der Waals surface area contributed by atoms with Gasteiger partial charge in [0.1, 0.15) is 0 Å². The van der Waals surface area contributed by atoms with Crippen LogP contribution in [0.5, 0.6) is 0 Å². The first-order chi connectivity index (χ1) is 9.90. The lowest BCUT2D eigenvalue weighted by molar-refractivity contribution is 0.424. The van der Waals surface area contributed by atoms with Gasteiger partial charge in [0.15, 0.2) is 0 Å². The van der Waals surface area contributed by atoms with Crippen molar-refractivity contribution in [2.24, 2.45) is 0 Å². The van der Waals surface area contributed by atoms with Crippen LogP contribution in [-0.4, -0.2) is 23.9 Å². The fourth-order valence-electron chi connectivity index (χ4n) is 2.19. The quantitative estimate of drug-likeness (QED) is 0.635. The lowest BCUT2D eigenvalue weighted by Gasteiger charge is -2.26. The van der Waals surface area contributed by atoms with Crippen LogP contribution in [0.4, 0.5) is 0 Å². The van der Waals surface area contributed by atoms with Gasteiger partial charge in [-0.05, 0) is 18.1 Å². The Kier molecular flexibility index (Phi) is 6.42. The second-order valence-electron chi connectivity index (χ2n) is 4.69. The summed E-state index contributed by atoms with van der Waals surface area (Å²) in [6.45, 7) is 2.90. The smallest absolute Gasteiger partial charge is 0.0472 e. The maximum absolute atomic E-state index is 5.64. The Morgan fingerprint density at radius 1 is 1.20 bits per heavy atom. The van der Waals surface area contributed by atoms with Gasteiger partial charge in [-0.15, -0.1) is 11.6 Å². The van der Waals surface area contributed by atoms with Gasteiger partial charge in [0, 0.05) is 37.4 Å². The van der Waals surface area contributed by atoms with Crippen molar-refractivity contribution in [2.45, 2.75) is 13.0 Å². The molecule has 0 fully saturated rings. The van der Waals surface area contributed by atoms with Crippen molar-refractivity contribution in [1.82, 2.24) is 10.2 Å². The molecule has 1 aromatic carbocycles. The second kappa shape index (κ2) is 8.62. The second-order valence-corrected chi connectivity index (χ2v) is 5.00. The maximum atomic E-state index is 5.64. The van der Waals surface area contributed by atoms with E-state index in [1.165, 1.54) is 11.3 Å². The molecule has 0 atom stereocenters. The summed E-state index contributed by atoms with van der Waals surface area (Å²) in [5, 5.41) is 3.35. The molecule has 2 rings (SSSR count). The van der Waals surface area contributed by atoms with Crippen molar-refractivity contribution in [1.29, 1.82) is 0 Å². The SMILES string of the molecule is ClC/C=C/C=C/N(Cc1ccccc1)C1=CCNCC1. The molecule has 1 aromatic rings. The summed E-state index contributed by atoms with van der Waals surface area (Å²) in [4.78, 5) is 2.31. The van der Waals surface area contributed by atoms with E-state index in [-0.39, 0.29) is 0 Å². The van der Waals surface area contributed by atoms with Crippen LogP contribution in [0.2, 0.25) is 0 Å². The molecule has 0 spiro atoms. The third-order valence-corrected chi connectivity index (χ3v) is 3.39. The molecule has 0 amide bonds. The highest BCUT2D eigenvalue weighted by atomic mass is 35.5. The maximum Gasteiger partial charge on any atom is 0.0472 e. The fourth-order valence-corrected chi connectivity index (χ4v) is 2.29. The minimum Gasteiger partial charge on any atom is -0.347 e. The number of hydrogen-bond acceptors (Lipinski definition) is 2. The van der Waals surface area contributed by atoms with Gasteiger partial charge >= 0.3 is 0 Å². The Bertz CT molecular complexity index is 477. The largest absolute Gasteiger partial charge is 0.347 e. The number of nitrogens with zero attached hydrogens (tertiary/aromatic N) is 1. The van der Waals surface area contributed by atoms with Gasteiger partial charge in [-0.2, -0.15) is 0 Å². The first-order valence-corrected chi connectivity index (χ1v) is 7.53. The van der Waals surface area contributed by atoms with Crippen molar-refractivity contribution >= 4 is 11.6 Å². The van der Waals surface area contributed by atoms with Gasteiger partial charge in [-0.25, -0.2) is 0 Å². The number of nitrogens with one attached hydrogen (secondary N) is 1. The number of alkyl halides is 1. The molecule has 1 aliphatic rings. The summed E-state index contributed by atoms with van der Waals surface area (Å²) in [5.74, 6) is 0.551. The monoisotopic (exact) mass is 288 g/mol. The van der Waals surface area contributed by atoms with Crippen molar-refractivity contribution in [3.63, 3.8) is 0 Å². The van der Waals surface area contributed by atoms with Gasteiger partial charge in [0.05, 0.1) is 0 Å². The Labute approximate surface area is 126 Å². The predicted molar refractivity (Wildman–Crippen MR) is 86.6 cm³/mol. The average molecular weight is 289 g/mol. The summed E-state index contributed by atoms with van der Waals surface area (Å²) in [7, 11) is 0. The first-order valence-electron chi connectivity index (χ1n) is 7.00. The van der Waals surface area contributed by atoms with Crippen LogP contribution < -0.4 is 5.32 Å². The first kappa shape index (κ1) is 14.9. The third kappa shape index (κ3) is 4.87. The van der Waals surface area contributed by atoms with Crippen LogP contribution in [0.3, 0.4) is 0 Å². The lowest BCUT2D eigenvalue weighted by Crippen LogP contribution is -2.27. The molecule has 1 N–H and O–H groups in total. The van der Waals surface area contributed by atoms with E-state index in [0.717, 1.165) is 26.1 Å². The van der Waals surface area contributed by atoms with Crippen LogP contribution in [0.1, 0.15) is 12.0 Å². The van der Waals surface area contributed by atoms with E-state index < -0.39 is 0 Å². The zero-order chi connectivity index (χ0) is 14.0. The van der Waals surface area contributed by atoms with E-state index in [1.54, 1.807) is 0 Å². The standard InChI is InChI=1S/C17H21ClN2/c18-11-5-2-6-14-20(17-9-12-19-13-10-17)15-16-7-3-1-4-8-16/h1-9,14,19H,10-13,15H2/b5-2+,14-6+. The Hall–Kier alpha value is -1.51. The third-order valence-electron chi connectivity index (χ3n) is 3.21. The summed E-state index contributed by atoms with van der Waals surface area (Å²) in [5.41, 5.74) is 2.70. The molecule has 0 saturated carbocycles. The number of rotatable bonds is 6. The minimum absolute atomic E-state index is 0.551. The lowest BCUT2D eigenvalue weighted by atomic mass is 10.1. The number of benzene rings is 1. The molecule has 0 aliphatic carbocycles. The predicted octanol–water partition coefficient (Wildman–Crippen LogP) is 3.67. The molecule has 0 unspecified atom stereocenters. The Balaban J connectivity index is 2.09. The fraction of sp³-hybridized carbons (Fsp3) is 0.294. The molecule has 3 heteroatoms. The number of hydrogen-bond donors (Lipinski definition) is 1. The van der Waals surface area contributed by atoms with Crippen LogP contribution in [0.25, 0.3) is 0 Å². The van der Waals surface area contributed by atoms with E-state index in [9.17, 15) is 0 Å². The summed E-state index contributed by atoms with van der Waals surface area (Å²) < 4.78 is 0. The molecule has 1 heterocycles. The zero-order valence-corrected chi connectivity index (χ0v) is 12.4. The topological polar surface area (TPSA) is 15.3 Å². The van der Waals surface area contributed by atoms with Crippen molar-refractivity contribution in [2.75, 3.05) is 19.0 Å². The van der Waals surface area contributed by atoms with Gasteiger partial charge in [-0.3, -0.25) is 0 Å². The van der Waals surface area contributed by atoms with Gasteiger partial charge < -0.3 is 10.2 Å². The Morgan fingerprint density at radius 2 is 2.05 bits per heavy atom. The molecule has 20 heavy (non-hydrogen) atoms. The molecular weight excluding hydrogens is 268 g/mol. The highest BCUT2D eigenvalue weighted by molar-refractivity contribution is 6.18. The summed E-state index contributed by atoms with van der Waals surface area (Å²) >= 11 is 5.64. The normalized spacial score (nSPS) is 15.8. The van der Waals surface area contributed by atoms with E-state index in [1.807, 2.05) is 18.2 Å². The van der Waals surface area contributed by atoms with E-state index in [4.69, 9.17) is 11.6 Å². The summed E-state index contributed by atoms with van der Waals surface area (Å²) in [6, 6.07) is 10.5. The van der Waals surface area contributed by atoms with Crippen molar-refractivity contribution in [3.05, 3.63) is 72.1 Å². The van der Waals surface area contributed by atoms with Gasteiger partial charge in [0.25, 0.3) is 0 Å². The van der Waals surface area contributed by atoms with Crippen LogP contribution in [-0.2, 0) is 6.54 Å². The highest BCUT2D eigenvalue weighted by Crippen LogP contribution is 2.16. The van der Waals surface area contributed by atoms with Crippen LogP contribution in [0.15, 0.2) is 66.5 Å². The number of halogens is 1. The molecule has 0 radical (unpaired) electrons. The molecule has 1 aliphatic heterocycles. The number of allylic oxidation sites excluding steroid dienone is 3. The minimum atomic E-state index is 0.551. The molecule has 0 bridgehead atoms. The molecule has 0 saturated heterocycles. The molecule has 2 nitrogen and oxygen atoms in total. The van der Waals surface area contributed by atoms with Crippen LogP contribution in [0, 0.1) is 0 Å². The zero-order valence-electron chi connectivity index (χ0n) is 11.6.